The molecule has 0 spiro atoms. The maximum atomic E-state index is 9.46. The molecule has 0 aliphatic carbocycles. The van der Waals surface area contributed by atoms with Gasteiger partial charge in [-0.15, -0.1) is 0 Å². The first-order valence-electron chi connectivity index (χ1n) is 24.9. The molecule has 7 nitrogen and oxygen atoms in total. The predicted molar refractivity (Wildman–Crippen MR) is 261 cm³/mol. The van der Waals surface area contributed by atoms with E-state index < -0.39 is 48.3 Å². The number of benzene rings is 9. The van der Waals surface area contributed by atoms with Gasteiger partial charge in [0.2, 0.25) is 11.9 Å². The van der Waals surface area contributed by atoms with Gasteiger partial charge in [-0.2, -0.15) is 15.0 Å². The van der Waals surface area contributed by atoms with E-state index in [-0.39, 0.29) is 39.5 Å². The highest BCUT2D eigenvalue weighted by Crippen LogP contribution is 2.44. The van der Waals surface area contributed by atoms with Crippen molar-refractivity contribution in [1.82, 2.24) is 28.7 Å². The highest BCUT2D eigenvalue weighted by Gasteiger charge is 2.26. The average Bonchev–Trinajstić information content (AvgIpc) is 4.17. The van der Waals surface area contributed by atoms with Crippen molar-refractivity contribution in [1.29, 1.82) is 0 Å². The van der Waals surface area contributed by atoms with Gasteiger partial charge in [0.05, 0.1) is 55.3 Å². The van der Waals surface area contributed by atoms with Gasteiger partial charge in [0.15, 0.2) is 5.82 Å². The van der Waals surface area contributed by atoms with Crippen molar-refractivity contribution in [3.63, 3.8) is 0 Å². The maximum absolute atomic E-state index is 9.46. The summed E-state index contributed by atoms with van der Waals surface area (Å²) in [7, 11) is 0. The fourth-order valence-electron chi connectivity index (χ4n) is 9.75. The van der Waals surface area contributed by atoms with Crippen LogP contribution in [0.2, 0.25) is 0 Å². The minimum Gasteiger partial charge on any atom is -0.455 e. The van der Waals surface area contributed by atoms with Crippen LogP contribution in [-0.4, -0.2) is 28.7 Å². The molecule has 0 fully saturated rings. The molecule has 0 atom stereocenters. The number of nitrogens with zero attached hydrogens (tertiary/aromatic N) is 6. The molecule has 0 unspecified atom stereocenters. The lowest BCUT2D eigenvalue weighted by atomic mass is 9.95. The standard InChI is InChI=1S/C57H34N6O/c1-8-27-45-35(17-1)36-18-2-9-28-46(36)61(45)51-33-16-24-42(44-26-15-25-43-41-23-7-14-34-52(41)64-54(43)44)53(51)55-58-56(62-47-29-10-3-19-37(47)38-20-4-11-30-48(38)62)60-57(59-55)63-49-31-12-5-21-39(49)40-22-6-13-32-50(40)63/h1-34H/i3D,4D,10D,11D,19D,20D,29D,30D. The van der Waals surface area contributed by atoms with E-state index in [1.165, 1.54) is 4.57 Å². The third kappa shape index (κ3) is 4.89. The van der Waals surface area contributed by atoms with Crippen LogP contribution >= 0.6 is 0 Å². The number of hydrogen-bond donors (Lipinski definition) is 0. The molecule has 5 aromatic heterocycles. The van der Waals surface area contributed by atoms with E-state index in [1.54, 1.807) is 0 Å². The summed E-state index contributed by atoms with van der Waals surface area (Å²) in [6.07, 6.45) is 0. The molecule has 0 saturated heterocycles. The van der Waals surface area contributed by atoms with E-state index in [0.29, 0.717) is 22.4 Å². The summed E-state index contributed by atoms with van der Waals surface area (Å²) < 4.78 is 85.0. The van der Waals surface area contributed by atoms with Crippen LogP contribution < -0.4 is 0 Å². The number of rotatable bonds is 5. The van der Waals surface area contributed by atoms with Crippen LogP contribution in [0, 0.1) is 0 Å². The first-order valence-corrected chi connectivity index (χ1v) is 20.9. The van der Waals surface area contributed by atoms with Crippen LogP contribution in [0.15, 0.2) is 210 Å². The molecule has 0 N–H and O–H groups in total. The fraction of sp³-hybridized carbons (Fsp3) is 0. The molecule has 0 amide bonds. The molecule has 64 heavy (non-hydrogen) atoms. The first kappa shape index (κ1) is 27.9. The second kappa shape index (κ2) is 13.3. The highest BCUT2D eigenvalue weighted by atomic mass is 16.3. The summed E-state index contributed by atoms with van der Waals surface area (Å²) >= 11 is 0. The van der Waals surface area contributed by atoms with Crippen LogP contribution in [0.5, 0.6) is 0 Å². The van der Waals surface area contributed by atoms with Gasteiger partial charge in [0, 0.05) is 48.7 Å². The molecule has 0 saturated carbocycles. The molecular weight excluding hydrogens is 785 g/mol. The molecule has 0 bridgehead atoms. The zero-order valence-corrected chi connectivity index (χ0v) is 33.6. The molecule has 9 aromatic carbocycles. The normalized spacial score (nSPS) is 13.8. The summed E-state index contributed by atoms with van der Waals surface area (Å²) in [5.74, 6) is 0.167. The van der Waals surface area contributed by atoms with Crippen molar-refractivity contribution in [2.24, 2.45) is 0 Å². The zero-order chi connectivity index (χ0) is 48.8. The monoisotopic (exact) mass is 826 g/mol. The lowest BCUT2D eigenvalue weighted by molar-refractivity contribution is 0.670. The third-order valence-electron chi connectivity index (χ3n) is 12.4. The molecular formula is C57H34N6O. The van der Waals surface area contributed by atoms with Gasteiger partial charge < -0.3 is 8.98 Å². The largest absolute Gasteiger partial charge is 0.455 e. The van der Waals surface area contributed by atoms with Gasteiger partial charge >= 0.3 is 0 Å². The van der Waals surface area contributed by atoms with Gasteiger partial charge in [-0.3, -0.25) is 9.13 Å². The number of aromatic nitrogens is 6. The van der Waals surface area contributed by atoms with Gasteiger partial charge in [0.1, 0.15) is 11.2 Å². The average molecular weight is 827 g/mol. The van der Waals surface area contributed by atoms with Crippen LogP contribution in [0.1, 0.15) is 11.0 Å². The fourth-order valence-corrected chi connectivity index (χ4v) is 9.75. The van der Waals surface area contributed by atoms with Gasteiger partial charge in [0.25, 0.3) is 0 Å². The number of fused-ring (bicyclic) bond motifs is 12. The quantitative estimate of drug-likeness (QED) is 0.173. The second-order valence-electron chi connectivity index (χ2n) is 15.8. The van der Waals surface area contributed by atoms with Gasteiger partial charge in [-0.1, -0.05) is 158 Å². The van der Waals surface area contributed by atoms with Crippen LogP contribution in [0.25, 0.3) is 127 Å². The highest BCUT2D eigenvalue weighted by molar-refractivity contribution is 6.14. The third-order valence-corrected chi connectivity index (χ3v) is 12.4. The zero-order valence-electron chi connectivity index (χ0n) is 41.6. The predicted octanol–water partition coefficient (Wildman–Crippen LogP) is 14.4. The van der Waals surface area contributed by atoms with Crippen LogP contribution in [0.3, 0.4) is 0 Å². The van der Waals surface area contributed by atoms with Gasteiger partial charge in [-0.05, 0) is 54.0 Å². The van der Waals surface area contributed by atoms with Crippen LogP contribution in [0.4, 0.5) is 0 Å². The van der Waals surface area contributed by atoms with E-state index in [2.05, 4.69) is 28.8 Å². The van der Waals surface area contributed by atoms with Crippen LogP contribution in [-0.2, 0) is 0 Å². The van der Waals surface area contributed by atoms with Crippen molar-refractivity contribution >= 4 is 87.4 Å². The molecule has 0 radical (unpaired) electrons. The number of furan rings is 1. The Hall–Kier alpha value is -8.81. The van der Waals surface area contributed by atoms with E-state index >= 15 is 0 Å². The smallest absolute Gasteiger partial charge is 0.240 e. The number of hydrogen-bond acceptors (Lipinski definition) is 4. The van der Waals surface area contributed by atoms with E-state index in [9.17, 15) is 5.48 Å². The summed E-state index contributed by atoms with van der Waals surface area (Å²) in [4.78, 5) is 16.1. The Balaban J connectivity index is 1.21. The van der Waals surface area contributed by atoms with Crippen molar-refractivity contribution in [3.8, 4) is 40.1 Å². The molecule has 0 aliphatic rings. The van der Waals surface area contributed by atoms with E-state index in [1.807, 2.05) is 138 Å². The summed E-state index contributed by atoms with van der Waals surface area (Å²) in [5.41, 5.74) is 7.25. The number of para-hydroxylation sites is 8. The Labute approximate surface area is 376 Å². The molecule has 7 heteroatoms. The van der Waals surface area contributed by atoms with Crippen molar-refractivity contribution < 1.29 is 15.4 Å². The molecule has 14 aromatic rings. The topological polar surface area (TPSA) is 66.6 Å². The van der Waals surface area contributed by atoms with Crippen molar-refractivity contribution in [2.45, 2.75) is 0 Å². The summed E-state index contributed by atoms with van der Waals surface area (Å²) in [6.45, 7) is 0. The Morgan fingerprint density at radius 3 is 1.41 bits per heavy atom. The van der Waals surface area contributed by atoms with Crippen molar-refractivity contribution in [2.75, 3.05) is 0 Å². The second-order valence-corrected chi connectivity index (χ2v) is 15.8. The minimum atomic E-state index is -0.554. The summed E-state index contributed by atoms with van der Waals surface area (Å²) in [6, 6.07) is 48.1. The van der Waals surface area contributed by atoms with Gasteiger partial charge in [-0.25, -0.2) is 0 Å². The summed E-state index contributed by atoms with van der Waals surface area (Å²) in [5, 5.41) is 5.59. The van der Waals surface area contributed by atoms with E-state index in [4.69, 9.17) is 24.9 Å². The molecule has 0 aliphatic heterocycles. The first-order chi connectivity index (χ1) is 35.1. The Kier molecular flexibility index (Phi) is 5.82. The lowest BCUT2D eigenvalue weighted by Gasteiger charge is -2.19. The van der Waals surface area contributed by atoms with Crippen molar-refractivity contribution in [3.05, 3.63) is 206 Å². The Bertz CT molecular complexity index is 4520. The molecule has 298 valence electrons. The van der Waals surface area contributed by atoms with E-state index in [0.717, 1.165) is 65.5 Å². The minimum absolute atomic E-state index is 0.0914. The molecule has 14 rings (SSSR count). The Morgan fingerprint density at radius 1 is 0.359 bits per heavy atom. The lowest BCUT2D eigenvalue weighted by Crippen LogP contribution is -2.11. The SMILES string of the molecule is [2H]c1c([2H])c([2H])c2c(c1[2H])c1c([2H])c([2H])c([2H])c([2H])c1n2-c1nc(-c2c(-c3cccc4c3oc3ccccc34)cccc2-n2c3ccccc3c3ccccc32)nc(-n2c3ccccc3c3ccccc32)n1. The molecule has 5 heterocycles. The Morgan fingerprint density at radius 2 is 0.812 bits per heavy atom. The maximum Gasteiger partial charge on any atom is 0.240 e.